The molecule has 0 bridgehead atoms. The first kappa shape index (κ1) is 13.4. The lowest BCUT2D eigenvalue weighted by Crippen LogP contribution is -2.33. The number of anilines is 1. The van der Waals surface area contributed by atoms with Gasteiger partial charge in [0.05, 0.1) is 23.5 Å². The summed E-state index contributed by atoms with van der Waals surface area (Å²) in [6.07, 6.45) is 3.69. The van der Waals surface area contributed by atoms with Crippen LogP contribution in [0, 0.1) is 0 Å². The van der Waals surface area contributed by atoms with Gasteiger partial charge in [-0.1, -0.05) is 12.1 Å². The Kier molecular flexibility index (Phi) is 3.48. The fourth-order valence-corrected chi connectivity index (χ4v) is 2.31. The lowest BCUT2D eigenvalue weighted by molar-refractivity contribution is 0.0725. The minimum atomic E-state index is -0.201. The Balaban J connectivity index is 1.87. The quantitative estimate of drug-likeness (QED) is 0.665. The minimum Gasteiger partial charge on any atom is -0.505 e. The van der Waals surface area contributed by atoms with E-state index in [4.69, 9.17) is 5.73 Å². The fraction of sp³-hybridized carbons (Fsp3) is 0.250. The summed E-state index contributed by atoms with van der Waals surface area (Å²) < 4.78 is 0. The predicted octanol–water partition coefficient (Wildman–Crippen LogP) is 2.17. The number of phenolic OH excluding ortho intramolecular Hbond substituents is 1. The van der Waals surface area contributed by atoms with Crippen LogP contribution >= 0.6 is 0 Å². The molecule has 3 rings (SSSR count). The Morgan fingerprint density at radius 3 is 2.76 bits per heavy atom. The van der Waals surface area contributed by atoms with E-state index < -0.39 is 0 Å². The zero-order valence-electron chi connectivity index (χ0n) is 11.6. The molecular formula is C16H17N3O2. The number of nitrogens with two attached hydrogens (primary N) is 1. The number of pyridine rings is 1. The maximum atomic E-state index is 12.7. The first-order valence-electron chi connectivity index (χ1n) is 6.95. The number of hydrogen-bond donors (Lipinski definition) is 2. The Labute approximate surface area is 123 Å². The van der Waals surface area contributed by atoms with E-state index in [0.29, 0.717) is 6.54 Å². The second-order valence-corrected chi connectivity index (χ2v) is 5.23. The van der Waals surface area contributed by atoms with E-state index in [1.165, 1.54) is 0 Å². The second kappa shape index (κ2) is 5.44. The molecule has 0 radical (unpaired) electrons. The number of hydrogen-bond acceptors (Lipinski definition) is 4. The van der Waals surface area contributed by atoms with Crippen LogP contribution in [0.15, 0.2) is 42.6 Å². The fourth-order valence-electron chi connectivity index (χ4n) is 2.31. The van der Waals surface area contributed by atoms with Gasteiger partial charge in [0.2, 0.25) is 0 Å². The highest BCUT2D eigenvalue weighted by molar-refractivity contribution is 5.98. The molecule has 0 saturated heterocycles. The Hall–Kier alpha value is -2.56. The molecule has 5 heteroatoms. The number of nitrogen functional groups attached to an aromatic ring is 1. The van der Waals surface area contributed by atoms with E-state index in [9.17, 15) is 9.90 Å². The zero-order valence-corrected chi connectivity index (χ0v) is 11.6. The molecule has 3 N–H and O–H groups in total. The van der Waals surface area contributed by atoms with E-state index in [1.54, 1.807) is 29.3 Å². The molecular weight excluding hydrogens is 266 g/mol. The minimum absolute atomic E-state index is 0.144. The van der Waals surface area contributed by atoms with Gasteiger partial charge in [-0.3, -0.25) is 9.78 Å². The van der Waals surface area contributed by atoms with Crippen molar-refractivity contribution in [2.24, 2.45) is 0 Å². The molecule has 0 spiro atoms. The van der Waals surface area contributed by atoms with Gasteiger partial charge in [0.15, 0.2) is 5.75 Å². The van der Waals surface area contributed by atoms with Crippen molar-refractivity contribution < 1.29 is 9.90 Å². The van der Waals surface area contributed by atoms with Crippen LogP contribution in [0.1, 0.15) is 28.9 Å². The third kappa shape index (κ3) is 2.81. The number of benzene rings is 1. The first-order chi connectivity index (χ1) is 10.2. The molecule has 1 saturated carbocycles. The van der Waals surface area contributed by atoms with Crippen LogP contribution in [0.25, 0.3) is 0 Å². The van der Waals surface area contributed by atoms with E-state index >= 15 is 0 Å². The molecule has 1 amide bonds. The summed E-state index contributed by atoms with van der Waals surface area (Å²) >= 11 is 0. The van der Waals surface area contributed by atoms with E-state index in [2.05, 4.69) is 4.98 Å². The summed E-state index contributed by atoms with van der Waals surface area (Å²) in [7, 11) is 0. The number of para-hydroxylation sites is 1. The molecule has 1 aromatic heterocycles. The number of phenols is 1. The van der Waals surface area contributed by atoms with Crippen molar-refractivity contribution in [2.75, 3.05) is 5.73 Å². The Bertz CT molecular complexity index is 654. The van der Waals surface area contributed by atoms with Crippen LogP contribution in [-0.2, 0) is 6.54 Å². The largest absolute Gasteiger partial charge is 0.505 e. The smallest absolute Gasteiger partial charge is 0.258 e. The third-order valence-electron chi connectivity index (χ3n) is 3.60. The number of carbonyl (C=O) groups excluding carboxylic acids is 1. The monoisotopic (exact) mass is 283 g/mol. The lowest BCUT2D eigenvalue weighted by Gasteiger charge is -2.22. The predicted molar refractivity (Wildman–Crippen MR) is 79.7 cm³/mol. The number of amides is 1. The van der Waals surface area contributed by atoms with E-state index in [0.717, 1.165) is 18.5 Å². The SMILES string of the molecule is Nc1cccc(C(=O)N(Cc2ccccn2)C2CC2)c1O. The highest BCUT2D eigenvalue weighted by Crippen LogP contribution is 2.32. The molecule has 5 nitrogen and oxygen atoms in total. The number of rotatable bonds is 4. The maximum Gasteiger partial charge on any atom is 0.258 e. The molecule has 108 valence electrons. The van der Waals surface area contributed by atoms with Gasteiger partial charge in [-0.2, -0.15) is 0 Å². The Morgan fingerprint density at radius 2 is 2.10 bits per heavy atom. The molecule has 1 heterocycles. The van der Waals surface area contributed by atoms with Crippen molar-refractivity contribution in [1.82, 2.24) is 9.88 Å². The summed E-state index contributed by atoms with van der Waals surface area (Å²) in [5, 5.41) is 10.00. The van der Waals surface area contributed by atoms with Crippen LogP contribution in [0.3, 0.4) is 0 Å². The van der Waals surface area contributed by atoms with Crippen molar-refractivity contribution in [3.63, 3.8) is 0 Å². The lowest BCUT2D eigenvalue weighted by atomic mass is 10.1. The number of nitrogens with zero attached hydrogens (tertiary/aromatic N) is 2. The van der Waals surface area contributed by atoms with Crippen molar-refractivity contribution in [3.8, 4) is 5.75 Å². The summed E-state index contributed by atoms with van der Waals surface area (Å²) in [5.74, 6) is -0.345. The van der Waals surface area contributed by atoms with Gasteiger partial charge in [0, 0.05) is 12.2 Å². The van der Waals surface area contributed by atoms with Gasteiger partial charge in [-0.25, -0.2) is 0 Å². The van der Waals surface area contributed by atoms with Crippen LogP contribution in [0.2, 0.25) is 0 Å². The van der Waals surface area contributed by atoms with Crippen molar-refractivity contribution in [2.45, 2.75) is 25.4 Å². The molecule has 1 aliphatic carbocycles. The zero-order chi connectivity index (χ0) is 14.8. The first-order valence-corrected chi connectivity index (χ1v) is 6.95. The van der Waals surface area contributed by atoms with Crippen LogP contribution in [0.5, 0.6) is 5.75 Å². The molecule has 1 aliphatic rings. The van der Waals surface area contributed by atoms with Gasteiger partial charge >= 0.3 is 0 Å². The molecule has 2 aromatic rings. The molecule has 0 atom stereocenters. The number of carbonyl (C=O) groups is 1. The van der Waals surface area contributed by atoms with Gasteiger partial charge in [0.1, 0.15) is 0 Å². The maximum absolute atomic E-state index is 12.7. The number of aromatic nitrogens is 1. The van der Waals surface area contributed by atoms with Crippen LogP contribution in [0.4, 0.5) is 5.69 Å². The summed E-state index contributed by atoms with van der Waals surface area (Å²) in [4.78, 5) is 18.7. The molecule has 21 heavy (non-hydrogen) atoms. The molecule has 1 aromatic carbocycles. The van der Waals surface area contributed by atoms with Gasteiger partial charge in [-0.15, -0.1) is 0 Å². The van der Waals surface area contributed by atoms with Gasteiger partial charge in [-0.05, 0) is 37.1 Å². The van der Waals surface area contributed by atoms with Crippen LogP contribution < -0.4 is 5.73 Å². The highest BCUT2D eigenvalue weighted by Gasteiger charge is 2.34. The summed E-state index contributed by atoms with van der Waals surface area (Å²) in [6, 6.07) is 10.7. The van der Waals surface area contributed by atoms with Gasteiger partial charge < -0.3 is 15.7 Å². The van der Waals surface area contributed by atoms with Crippen LogP contribution in [-0.4, -0.2) is 26.9 Å². The second-order valence-electron chi connectivity index (χ2n) is 5.23. The Morgan fingerprint density at radius 1 is 1.29 bits per heavy atom. The van der Waals surface area contributed by atoms with Crippen molar-refractivity contribution in [1.29, 1.82) is 0 Å². The van der Waals surface area contributed by atoms with Gasteiger partial charge in [0.25, 0.3) is 5.91 Å². The summed E-state index contributed by atoms with van der Waals surface area (Å²) in [5.41, 5.74) is 6.97. The summed E-state index contributed by atoms with van der Waals surface area (Å²) in [6.45, 7) is 0.443. The molecule has 1 fully saturated rings. The van der Waals surface area contributed by atoms with Crippen molar-refractivity contribution in [3.05, 3.63) is 53.9 Å². The van der Waals surface area contributed by atoms with E-state index in [-0.39, 0.29) is 28.9 Å². The standard InChI is InChI=1S/C16H17N3O2/c17-14-6-3-5-13(15(14)20)16(21)19(12-7-8-12)10-11-4-1-2-9-18-11/h1-6,9,12,20H,7-8,10,17H2. The van der Waals surface area contributed by atoms with Crippen molar-refractivity contribution >= 4 is 11.6 Å². The normalized spacial score (nSPS) is 13.9. The van der Waals surface area contributed by atoms with E-state index in [1.807, 2.05) is 18.2 Å². The topological polar surface area (TPSA) is 79.5 Å². The average molecular weight is 283 g/mol. The third-order valence-corrected chi connectivity index (χ3v) is 3.60. The molecule has 0 unspecified atom stereocenters. The highest BCUT2D eigenvalue weighted by atomic mass is 16.3. The number of aromatic hydroxyl groups is 1. The molecule has 0 aliphatic heterocycles. The average Bonchev–Trinajstić information content (AvgIpc) is 3.33.